The van der Waals surface area contributed by atoms with Crippen LogP contribution in [0.5, 0.6) is 0 Å². The van der Waals surface area contributed by atoms with E-state index < -0.39 is 0 Å². The molecule has 3 aromatic rings. The summed E-state index contributed by atoms with van der Waals surface area (Å²) in [5.74, 6) is 0.144. The maximum Gasteiger partial charge on any atom is 0.320 e. The number of amides is 3. The smallest absolute Gasteiger partial charge is 0.320 e. The molecule has 0 atom stereocenters. The Balaban J connectivity index is 0.994. The van der Waals surface area contributed by atoms with E-state index in [1.165, 1.54) is 11.1 Å². The van der Waals surface area contributed by atoms with Gasteiger partial charge in [-0.15, -0.1) is 0 Å². The Morgan fingerprint density at radius 1 is 0.775 bits per heavy atom. The third kappa shape index (κ3) is 5.72. The summed E-state index contributed by atoms with van der Waals surface area (Å²) in [7, 11) is 0. The number of nitrogens with zero attached hydrogens (tertiary/aromatic N) is 7. The second-order valence-electron chi connectivity index (χ2n) is 10.7. The molecular formula is C30H33N7O3. The maximum absolute atomic E-state index is 13.0. The summed E-state index contributed by atoms with van der Waals surface area (Å²) in [4.78, 5) is 58.7. The molecule has 206 valence electrons. The lowest BCUT2D eigenvalue weighted by Gasteiger charge is -2.28. The summed E-state index contributed by atoms with van der Waals surface area (Å²) in [6, 6.07) is 12.1. The Hall–Kier alpha value is -4.18. The molecule has 2 saturated heterocycles. The summed E-state index contributed by atoms with van der Waals surface area (Å²) in [5, 5.41) is 0. The van der Waals surface area contributed by atoms with E-state index in [2.05, 4.69) is 38.1 Å². The minimum Gasteiger partial charge on any atom is -0.336 e. The maximum atomic E-state index is 13.0. The van der Waals surface area contributed by atoms with Crippen molar-refractivity contribution >= 4 is 17.7 Å². The van der Waals surface area contributed by atoms with E-state index in [1.54, 1.807) is 33.3 Å². The standard InChI is InChI=1S/C30H33N7O3/c38-26(20-34-12-9-23-5-1-2-6-24(23)19-34)21-37-14-13-36(30(37)40)18-22-7-8-27(31-15-22)25-16-32-28(33-17-25)29(39)35-10-3-4-11-35/h1-2,5-8,15-17H,3-4,9-14,18-21H2. The van der Waals surface area contributed by atoms with E-state index >= 15 is 0 Å². The number of aromatic nitrogens is 3. The van der Waals surface area contributed by atoms with Crippen molar-refractivity contribution in [3.63, 3.8) is 0 Å². The quantitative estimate of drug-likeness (QED) is 0.434. The van der Waals surface area contributed by atoms with Gasteiger partial charge in [-0.3, -0.25) is 19.5 Å². The van der Waals surface area contributed by atoms with E-state index in [-0.39, 0.29) is 30.1 Å². The van der Waals surface area contributed by atoms with Crippen LogP contribution < -0.4 is 0 Å². The summed E-state index contributed by atoms with van der Waals surface area (Å²) < 4.78 is 0. The normalized spacial score (nSPS) is 17.4. The molecule has 5 heterocycles. The summed E-state index contributed by atoms with van der Waals surface area (Å²) in [6.07, 6.45) is 7.98. The zero-order chi connectivity index (χ0) is 27.5. The third-order valence-corrected chi connectivity index (χ3v) is 7.89. The molecule has 2 fully saturated rings. The molecule has 0 radical (unpaired) electrons. The highest BCUT2D eigenvalue weighted by Gasteiger charge is 2.30. The largest absolute Gasteiger partial charge is 0.336 e. The lowest BCUT2D eigenvalue weighted by molar-refractivity contribution is -0.120. The fraction of sp³-hybridized carbons (Fsp3) is 0.400. The van der Waals surface area contributed by atoms with Crippen molar-refractivity contribution < 1.29 is 14.4 Å². The van der Waals surface area contributed by atoms with E-state index in [0.717, 1.165) is 56.6 Å². The molecule has 0 bridgehead atoms. The van der Waals surface area contributed by atoms with Crippen molar-refractivity contribution in [1.82, 2.24) is 34.6 Å². The molecule has 3 aliphatic heterocycles. The Labute approximate surface area is 233 Å². The van der Waals surface area contributed by atoms with Crippen LogP contribution in [0.1, 0.15) is 40.2 Å². The van der Waals surface area contributed by atoms with E-state index in [1.807, 2.05) is 18.2 Å². The predicted molar refractivity (Wildman–Crippen MR) is 148 cm³/mol. The van der Waals surface area contributed by atoms with Crippen LogP contribution in [-0.4, -0.2) is 98.1 Å². The van der Waals surface area contributed by atoms with Crippen LogP contribution in [-0.2, 0) is 24.3 Å². The molecule has 0 spiro atoms. The topological polar surface area (TPSA) is 103 Å². The fourth-order valence-electron chi connectivity index (χ4n) is 5.67. The van der Waals surface area contributed by atoms with Gasteiger partial charge in [-0.2, -0.15) is 0 Å². The average molecular weight is 540 g/mol. The van der Waals surface area contributed by atoms with E-state index in [0.29, 0.717) is 31.9 Å². The number of hydrogen-bond donors (Lipinski definition) is 0. The predicted octanol–water partition coefficient (Wildman–Crippen LogP) is 2.64. The van der Waals surface area contributed by atoms with Gasteiger partial charge in [0.1, 0.15) is 0 Å². The van der Waals surface area contributed by atoms with Crippen LogP contribution in [0.2, 0.25) is 0 Å². The lowest BCUT2D eigenvalue weighted by Crippen LogP contribution is -2.41. The number of fused-ring (bicyclic) bond motifs is 1. The van der Waals surface area contributed by atoms with Gasteiger partial charge in [0.2, 0.25) is 5.82 Å². The van der Waals surface area contributed by atoms with Crippen LogP contribution in [0.25, 0.3) is 11.3 Å². The van der Waals surface area contributed by atoms with Crippen molar-refractivity contribution in [2.24, 2.45) is 0 Å². The van der Waals surface area contributed by atoms with Crippen molar-refractivity contribution in [3.8, 4) is 11.3 Å². The molecule has 0 N–H and O–H groups in total. The Morgan fingerprint density at radius 2 is 1.52 bits per heavy atom. The number of pyridine rings is 1. The molecule has 0 aliphatic carbocycles. The molecule has 10 nitrogen and oxygen atoms in total. The van der Waals surface area contributed by atoms with Crippen molar-refractivity contribution in [1.29, 1.82) is 0 Å². The van der Waals surface area contributed by atoms with Gasteiger partial charge >= 0.3 is 6.03 Å². The highest BCUT2D eigenvalue weighted by molar-refractivity contribution is 5.90. The number of Topliss-reactive ketones (excluding diaryl/α,β-unsaturated/α-hetero) is 1. The Bertz CT molecular complexity index is 1390. The molecule has 40 heavy (non-hydrogen) atoms. The van der Waals surface area contributed by atoms with Crippen LogP contribution in [0.3, 0.4) is 0 Å². The second-order valence-corrected chi connectivity index (χ2v) is 10.7. The van der Waals surface area contributed by atoms with Crippen LogP contribution in [0.4, 0.5) is 4.79 Å². The van der Waals surface area contributed by atoms with E-state index in [4.69, 9.17) is 0 Å². The molecule has 3 aliphatic rings. The molecule has 10 heteroatoms. The number of carbonyl (C=O) groups is 3. The Morgan fingerprint density at radius 3 is 2.27 bits per heavy atom. The first-order valence-electron chi connectivity index (χ1n) is 13.9. The molecular weight excluding hydrogens is 506 g/mol. The highest BCUT2D eigenvalue weighted by Crippen LogP contribution is 2.20. The minimum atomic E-state index is -0.129. The van der Waals surface area contributed by atoms with Gasteiger partial charge in [-0.1, -0.05) is 30.3 Å². The van der Waals surface area contributed by atoms with Crippen molar-refractivity contribution in [3.05, 3.63) is 77.5 Å². The van der Waals surface area contributed by atoms with Crippen LogP contribution in [0, 0.1) is 0 Å². The van der Waals surface area contributed by atoms with Crippen molar-refractivity contribution in [2.45, 2.75) is 32.4 Å². The highest BCUT2D eigenvalue weighted by atomic mass is 16.2. The fourth-order valence-corrected chi connectivity index (χ4v) is 5.67. The second kappa shape index (κ2) is 11.5. The summed E-state index contributed by atoms with van der Waals surface area (Å²) in [5.41, 5.74) is 4.96. The van der Waals surface area contributed by atoms with Crippen LogP contribution in [0.15, 0.2) is 55.0 Å². The number of urea groups is 1. The van der Waals surface area contributed by atoms with Gasteiger partial charge in [0.25, 0.3) is 5.91 Å². The lowest BCUT2D eigenvalue weighted by atomic mass is 10.00. The number of rotatable bonds is 8. The number of likely N-dealkylation sites (tertiary alicyclic amines) is 1. The average Bonchev–Trinajstić information content (AvgIpc) is 3.64. The number of ketones is 1. The Kier molecular flexibility index (Phi) is 7.50. The molecule has 6 rings (SSSR count). The number of carbonyl (C=O) groups excluding carboxylic acids is 3. The van der Waals surface area contributed by atoms with Gasteiger partial charge in [0, 0.05) is 70.0 Å². The van der Waals surface area contributed by atoms with Gasteiger partial charge in [-0.05, 0) is 42.0 Å². The van der Waals surface area contributed by atoms with Gasteiger partial charge < -0.3 is 14.7 Å². The molecule has 3 amide bonds. The first-order chi connectivity index (χ1) is 19.5. The zero-order valence-electron chi connectivity index (χ0n) is 22.5. The minimum absolute atomic E-state index is 0.0657. The summed E-state index contributed by atoms with van der Waals surface area (Å²) in [6.45, 7) is 5.20. The number of benzene rings is 1. The monoisotopic (exact) mass is 539 g/mol. The van der Waals surface area contributed by atoms with Gasteiger partial charge in [0.05, 0.1) is 18.8 Å². The molecule has 0 unspecified atom stereocenters. The van der Waals surface area contributed by atoms with Crippen molar-refractivity contribution in [2.75, 3.05) is 45.8 Å². The zero-order valence-corrected chi connectivity index (χ0v) is 22.5. The van der Waals surface area contributed by atoms with Gasteiger partial charge in [0.15, 0.2) is 5.78 Å². The SMILES string of the molecule is O=C(CN1CCc2ccccc2C1)CN1CCN(Cc2ccc(-c3cnc(C(=O)N4CCCC4)nc3)nc2)C1=O. The molecule has 1 aromatic carbocycles. The van der Waals surface area contributed by atoms with Crippen LogP contribution >= 0.6 is 0 Å². The first-order valence-corrected chi connectivity index (χ1v) is 13.9. The molecule has 0 saturated carbocycles. The first kappa shape index (κ1) is 26.1. The van der Waals surface area contributed by atoms with E-state index in [9.17, 15) is 14.4 Å². The van der Waals surface area contributed by atoms with Gasteiger partial charge in [-0.25, -0.2) is 14.8 Å². The molecule has 2 aromatic heterocycles. The third-order valence-electron chi connectivity index (χ3n) is 7.89. The number of hydrogen-bond acceptors (Lipinski definition) is 7. The summed E-state index contributed by atoms with van der Waals surface area (Å²) >= 11 is 0.